The molecule has 1 saturated heterocycles. The van der Waals surface area contributed by atoms with Crippen LogP contribution in [0.3, 0.4) is 0 Å². The summed E-state index contributed by atoms with van der Waals surface area (Å²) in [5.41, 5.74) is 1.89. The first-order valence-electron chi connectivity index (χ1n) is 10.6. The van der Waals surface area contributed by atoms with Crippen LogP contribution in [0.2, 0.25) is 10.0 Å². The summed E-state index contributed by atoms with van der Waals surface area (Å²) in [7, 11) is 0. The molecule has 0 atom stereocenters. The zero-order valence-electron chi connectivity index (χ0n) is 17.8. The van der Waals surface area contributed by atoms with Crippen LogP contribution >= 0.6 is 39.1 Å². The summed E-state index contributed by atoms with van der Waals surface area (Å²) < 4.78 is 18.1. The minimum Gasteiger partial charge on any atom is -0.490 e. The maximum absolute atomic E-state index is 6.27. The number of morpholine rings is 1. The SMILES string of the molecule is CCOc1cc(CNCCCN2CCOCC2)cc(Br)c1OCc1c(Cl)cccc1Cl. The van der Waals surface area contributed by atoms with E-state index in [1.165, 1.54) is 0 Å². The van der Waals surface area contributed by atoms with Crippen molar-refractivity contribution in [3.05, 3.63) is 56.0 Å². The van der Waals surface area contributed by atoms with Gasteiger partial charge in [0.1, 0.15) is 6.61 Å². The largest absolute Gasteiger partial charge is 0.490 e. The molecule has 0 spiro atoms. The maximum Gasteiger partial charge on any atom is 0.175 e. The smallest absolute Gasteiger partial charge is 0.175 e. The molecule has 0 aromatic heterocycles. The molecule has 2 aromatic rings. The number of hydrogen-bond donors (Lipinski definition) is 1. The van der Waals surface area contributed by atoms with Crippen LogP contribution in [0.15, 0.2) is 34.8 Å². The highest BCUT2D eigenvalue weighted by Gasteiger charge is 2.15. The molecule has 170 valence electrons. The van der Waals surface area contributed by atoms with E-state index in [-0.39, 0.29) is 6.61 Å². The van der Waals surface area contributed by atoms with Crippen molar-refractivity contribution in [3.63, 3.8) is 0 Å². The molecule has 8 heteroatoms. The molecular formula is C23H29BrCl2N2O3. The molecule has 1 aliphatic rings. The fraction of sp³-hybridized carbons (Fsp3) is 0.478. The Kier molecular flexibility index (Phi) is 10.2. The van der Waals surface area contributed by atoms with Crippen LogP contribution in [0.1, 0.15) is 24.5 Å². The van der Waals surface area contributed by atoms with Gasteiger partial charge in [-0.2, -0.15) is 0 Å². The van der Waals surface area contributed by atoms with E-state index in [4.69, 9.17) is 37.4 Å². The number of hydrogen-bond acceptors (Lipinski definition) is 5. The topological polar surface area (TPSA) is 43.0 Å². The average Bonchev–Trinajstić information content (AvgIpc) is 2.75. The van der Waals surface area contributed by atoms with Crippen LogP contribution in [0.25, 0.3) is 0 Å². The molecule has 31 heavy (non-hydrogen) atoms. The van der Waals surface area contributed by atoms with Crippen molar-refractivity contribution in [1.29, 1.82) is 0 Å². The maximum atomic E-state index is 6.27. The lowest BCUT2D eigenvalue weighted by atomic mass is 10.2. The van der Waals surface area contributed by atoms with Crippen molar-refractivity contribution in [2.45, 2.75) is 26.5 Å². The Morgan fingerprint density at radius 3 is 2.58 bits per heavy atom. The Hall–Kier alpha value is -1.02. The summed E-state index contributed by atoms with van der Waals surface area (Å²) in [6.07, 6.45) is 1.11. The van der Waals surface area contributed by atoms with Gasteiger partial charge in [-0.05, 0) is 72.2 Å². The van der Waals surface area contributed by atoms with Crippen LogP contribution in [-0.4, -0.2) is 50.9 Å². The van der Waals surface area contributed by atoms with E-state index >= 15 is 0 Å². The van der Waals surface area contributed by atoms with E-state index in [9.17, 15) is 0 Å². The Bertz CT molecular complexity index is 828. The standard InChI is InChI=1S/C23H29BrCl2N2O3/c1-2-30-22-14-17(15-27-7-4-8-28-9-11-29-12-10-28)13-19(24)23(22)31-16-18-20(25)5-3-6-21(18)26/h3,5-6,13-14,27H,2,4,7-12,15-16H2,1H3. The van der Waals surface area contributed by atoms with Crippen LogP contribution in [-0.2, 0) is 17.9 Å². The molecule has 3 rings (SSSR count). The number of rotatable bonds is 11. The molecule has 1 aliphatic heterocycles. The quantitative estimate of drug-likeness (QED) is 0.385. The average molecular weight is 532 g/mol. The summed E-state index contributed by atoms with van der Waals surface area (Å²) in [5, 5.41) is 4.69. The summed E-state index contributed by atoms with van der Waals surface area (Å²) in [6.45, 7) is 9.35. The zero-order valence-corrected chi connectivity index (χ0v) is 20.9. The fourth-order valence-electron chi connectivity index (χ4n) is 3.43. The second-order valence-corrected chi connectivity index (χ2v) is 8.98. The molecule has 1 heterocycles. The molecule has 5 nitrogen and oxygen atoms in total. The van der Waals surface area contributed by atoms with Crippen molar-refractivity contribution in [3.8, 4) is 11.5 Å². The van der Waals surface area contributed by atoms with Crippen molar-refractivity contribution in [2.75, 3.05) is 46.0 Å². The summed E-state index contributed by atoms with van der Waals surface area (Å²) >= 11 is 16.2. The number of nitrogens with one attached hydrogen (secondary N) is 1. The molecular weight excluding hydrogens is 503 g/mol. The van der Waals surface area contributed by atoms with Gasteiger partial charge in [-0.1, -0.05) is 29.3 Å². The third kappa shape index (κ3) is 7.52. The van der Waals surface area contributed by atoms with Gasteiger partial charge in [-0.25, -0.2) is 0 Å². The lowest BCUT2D eigenvalue weighted by molar-refractivity contribution is 0.0374. The van der Waals surface area contributed by atoms with E-state index in [0.29, 0.717) is 28.2 Å². The van der Waals surface area contributed by atoms with Gasteiger partial charge in [-0.3, -0.25) is 4.90 Å². The third-order valence-electron chi connectivity index (χ3n) is 5.05. The number of ether oxygens (including phenoxy) is 3. The lowest BCUT2D eigenvalue weighted by Crippen LogP contribution is -2.37. The molecule has 0 bridgehead atoms. The Morgan fingerprint density at radius 1 is 1.13 bits per heavy atom. The van der Waals surface area contributed by atoms with Crippen LogP contribution in [0, 0.1) is 0 Å². The lowest BCUT2D eigenvalue weighted by Gasteiger charge is -2.26. The molecule has 0 saturated carbocycles. The third-order valence-corrected chi connectivity index (χ3v) is 6.35. The monoisotopic (exact) mass is 530 g/mol. The van der Waals surface area contributed by atoms with Gasteiger partial charge in [0.15, 0.2) is 11.5 Å². The minimum atomic E-state index is 0.260. The highest BCUT2D eigenvalue weighted by Crippen LogP contribution is 2.38. The predicted molar refractivity (Wildman–Crippen MR) is 130 cm³/mol. The Morgan fingerprint density at radius 2 is 1.87 bits per heavy atom. The van der Waals surface area contributed by atoms with Gasteiger partial charge < -0.3 is 19.5 Å². The van der Waals surface area contributed by atoms with Gasteiger partial charge in [-0.15, -0.1) is 0 Å². The molecule has 1 N–H and O–H groups in total. The van der Waals surface area contributed by atoms with Crippen LogP contribution in [0.4, 0.5) is 0 Å². The highest BCUT2D eigenvalue weighted by molar-refractivity contribution is 9.10. The number of halogens is 3. The number of nitrogens with zero attached hydrogens (tertiary/aromatic N) is 1. The molecule has 0 radical (unpaired) electrons. The van der Waals surface area contributed by atoms with Crippen molar-refractivity contribution < 1.29 is 14.2 Å². The first kappa shape index (κ1) is 24.6. The summed E-state index contributed by atoms with van der Waals surface area (Å²) in [4.78, 5) is 2.45. The van der Waals surface area contributed by atoms with Crippen LogP contribution in [0.5, 0.6) is 11.5 Å². The van der Waals surface area contributed by atoms with Gasteiger partial charge in [0.25, 0.3) is 0 Å². The molecule has 0 amide bonds. The first-order chi connectivity index (χ1) is 15.1. The van der Waals surface area contributed by atoms with E-state index in [1.807, 2.05) is 19.1 Å². The molecule has 1 fully saturated rings. The zero-order chi connectivity index (χ0) is 22.1. The van der Waals surface area contributed by atoms with Crippen molar-refractivity contribution in [1.82, 2.24) is 10.2 Å². The van der Waals surface area contributed by atoms with Gasteiger partial charge in [0, 0.05) is 35.2 Å². The van der Waals surface area contributed by atoms with Crippen LogP contribution < -0.4 is 14.8 Å². The van der Waals surface area contributed by atoms with E-state index in [0.717, 1.165) is 68.0 Å². The Labute approximate surface area is 203 Å². The highest BCUT2D eigenvalue weighted by atomic mass is 79.9. The van der Waals surface area contributed by atoms with Crippen molar-refractivity contribution >= 4 is 39.1 Å². The second kappa shape index (κ2) is 12.9. The van der Waals surface area contributed by atoms with Crippen molar-refractivity contribution in [2.24, 2.45) is 0 Å². The fourth-order valence-corrected chi connectivity index (χ4v) is 4.54. The van der Waals surface area contributed by atoms with E-state index in [1.54, 1.807) is 12.1 Å². The normalized spacial score (nSPS) is 14.6. The summed E-state index contributed by atoms with van der Waals surface area (Å²) in [5.74, 6) is 1.35. The minimum absolute atomic E-state index is 0.260. The second-order valence-electron chi connectivity index (χ2n) is 7.31. The first-order valence-corrected chi connectivity index (χ1v) is 12.1. The molecule has 0 aliphatic carbocycles. The molecule has 2 aromatic carbocycles. The molecule has 0 unspecified atom stereocenters. The number of benzene rings is 2. The van der Waals surface area contributed by atoms with E-state index < -0.39 is 0 Å². The predicted octanol–water partition coefficient (Wildman–Crippen LogP) is 5.55. The van der Waals surface area contributed by atoms with E-state index in [2.05, 4.69) is 32.2 Å². The van der Waals surface area contributed by atoms with Gasteiger partial charge in [0.05, 0.1) is 24.3 Å². The van der Waals surface area contributed by atoms with Gasteiger partial charge in [0.2, 0.25) is 0 Å². The van der Waals surface area contributed by atoms with Gasteiger partial charge >= 0.3 is 0 Å². The summed E-state index contributed by atoms with van der Waals surface area (Å²) in [6, 6.07) is 9.50. The Balaban J connectivity index is 1.56.